The van der Waals surface area contributed by atoms with E-state index in [9.17, 15) is 4.79 Å². The Kier molecular flexibility index (Phi) is 5.29. The van der Waals surface area contributed by atoms with Crippen LogP contribution in [0.1, 0.15) is 6.42 Å². The van der Waals surface area contributed by atoms with E-state index in [2.05, 4.69) is 19.8 Å². The maximum absolute atomic E-state index is 11.7. The predicted molar refractivity (Wildman–Crippen MR) is 103 cm³/mol. The van der Waals surface area contributed by atoms with Crippen molar-refractivity contribution in [3.63, 3.8) is 0 Å². The van der Waals surface area contributed by atoms with Gasteiger partial charge in [0.05, 0.1) is 18.1 Å². The third kappa shape index (κ3) is 4.25. The summed E-state index contributed by atoms with van der Waals surface area (Å²) in [4.78, 5) is 24.9. The van der Waals surface area contributed by atoms with Crippen molar-refractivity contribution in [2.24, 2.45) is 0 Å². The summed E-state index contributed by atoms with van der Waals surface area (Å²) in [5.74, 6) is 1.39. The van der Waals surface area contributed by atoms with E-state index in [-0.39, 0.29) is 5.63 Å². The molecule has 1 aromatic carbocycles. The second kappa shape index (κ2) is 8.18. The fourth-order valence-corrected chi connectivity index (χ4v) is 3.30. The topological polar surface area (TPSA) is 71.7 Å². The number of rotatable bonds is 6. The number of para-hydroxylation sites is 1. The van der Waals surface area contributed by atoms with Gasteiger partial charge in [0, 0.05) is 45.1 Å². The highest BCUT2D eigenvalue weighted by Gasteiger charge is 2.18. The number of nitrogens with zero attached hydrogens (tertiary/aromatic N) is 4. The highest BCUT2D eigenvalue weighted by Crippen LogP contribution is 2.23. The van der Waals surface area contributed by atoms with Crippen LogP contribution in [-0.2, 0) is 0 Å². The standard InChI is InChI=1S/C20H22N4O3/c25-19-15-18(16-5-1-2-6-17(16)27-19)26-14-4-9-23-10-12-24(13-11-23)20-21-7-3-8-22-20/h1-3,5-8,15H,4,9-14H2. The fraction of sp³-hybridized carbons (Fsp3) is 0.350. The lowest BCUT2D eigenvalue weighted by Gasteiger charge is -2.34. The largest absolute Gasteiger partial charge is 0.492 e. The molecule has 1 aliphatic heterocycles. The number of aromatic nitrogens is 2. The third-order valence-corrected chi connectivity index (χ3v) is 4.70. The average molecular weight is 366 g/mol. The van der Waals surface area contributed by atoms with E-state index in [0.717, 1.165) is 50.5 Å². The van der Waals surface area contributed by atoms with Crippen molar-refractivity contribution in [1.29, 1.82) is 0 Å². The van der Waals surface area contributed by atoms with E-state index in [1.165, 1.54) is 6.07 Å². The zero-order chi connectivity index (χ0) is 18.5. The van der Waals surface area contributed by atoms with Crippen molar-refractivity contribution < 1.29 is 9.15 Å². The second-order valence-corrected chi connectivity index (χ2v) is 6.51. The number of ether oxygens (including phenoxy) is 1. The van der Waals surface area contributed by atoms with Gasteiger partial charge in [-0.2, -0.15) is 0 Å². The number of benzene rings is 1. The van der Waals surface area contributed by atoms with E-state index in [0.29, 0.717) is 17.9 Å². The molecule has 1 fully saturated rings. The molecule has 1 aliphatic rings. The predicted octanol–water partition coefficient (Wildman–Crippen LogP) is 2.17. The van der Waals surface area contributed by atoms with Crippen LogP contribution in [0.5, 0.6) is 5.75 Å². The molecule has 0 unspecified atom stereocenters. The monoisotopic (exact) mass is 366 g/mol. The van der Waals surface area contributed by atoms with Gasteiger partial charge < -0.3 is 14.1 Å². The maximum Gasteiger partial charge on any atom is 0.339 e. The van der Waals surface area contributed by atoms with Gasteiger partial charge in [-0.1, -0.05) is 12.1 Å². The molecule has 27 heavy (non-hydrogen) atoms. The normalized spacial score (nSPS) is 15.2. The lowest BCUT2D eigenvalue weighted by Crippen LogP contribution is -2.47. The molecule has 3 heterocycles. The van der Waals surface area contributed by atoms with Crippen LogP contribution in [0, 0.1) is 0 Å². The molecule has 0 atom stereocenters. The Morgan fingerprint density at radius 2 is 1.81 bits per heavy atom. The molecule has 0 N–H and O–H groups in total. The van der Waals surface area contributed by atoms with Crippen LogP contribution in [0.15, 0.2) is 58.0 Å². The molecule has 0 radical (unpaired) electrons. The first-order valence-electron chi connectivity index (χ1n) is 9.19. The van der Waals surface area contributed by atoms with Crippen molar-refractivity contribution >= 4 is 16.9 Å². The lowest BCUT2D eigenvalue weighted by molar-refractivity contribution is 0.224. The molecule has 0 spiro atoms. The summed E-state index contributed by atoms with van der Waals surface area (Å²) >= 11 is 0. The Morgan fingerprint density at radius 3 is 2.63 bits per heavy atom. The molecular weight excluding hydrogens is 344 g/mol. The molecule has 0 aliphatic carbocycles. The smallest absolute Gasteiger partial charge is 0.339 e. The Hall–Kier alpha value is -2.93. The Balaban J connectivity index is 1.25. The van der Waals surface area contributed by atoms with Gasteiger partial charge in [-0.3, -0.25) is 4.90 Å². The number of piperazine rings is 1. The molecular formula is C20H22N4O3. The van der Waals surface area contributed by atoms with Crippen LogP contribution in [0.3, 0.4) is 0 Å². The van der Waals surface area contributed by atoms with Crippen molar-refractivity contribution in [1.82, 2.24) is 14.9 Å². The summed E-state index contributed by atoms with van der Waals surface area (Å²) in [7, 11) is 0. The molecule has 7 heteroatoms. The SMILES string of the molecule is O=c1cc(OCCCN2CCN(c3ncccn3)CC2)c2ccccc2o1. The van der Waals surface area contributed by atoms with Gasteiger partial charge in [0.15, 0.2) is 0 Å². The Bertz CT molecular complexity index is 937. The highest BCUT2D eigenvalue weighted by molar-refractivity contribution is 5.82. The zero-order valence-electron chi connectivity index (χ0n) is 15.1. The number of fused-ring (bicyclic) bond motifs is 1. The van der Waals surface area contributed by atoms with Gasteiger partial charge in [0.2, 0.25) is 5.95 Å². The van der Waals surface area contributed by atoms with Gasteiger partial charge in [0.25, 0.3) is 0 Å². The summed E-state index contributed by atoms with van der Waals surface area (Å²) < 4.78 is 11.1. The zero-order valence-corrected chi connectivity index (χ0v) is 15.1. The molecule has 0 bridgehead atoms. The van der Waals surface area contributed by atoms with Crippen molar-refractivity contribution in [2.45, 2.75) is 6.42 Å². The summed E-state index contributed by atoms with van der Waals surface area (Å²) in [5.41, 5.74) is 0.169. The summed E-state index contributed by atoms with van der Waals surface area (Å²) in [6.07, 6.45) is 4.45. The molecule has 7 nitrogen and oxygen atoms in total. The van der Waals surface area contributed by atoms with Gasteiger partial charge in [-0.15, -0.1) is 0 Å². The lowest BCUT2D eigenvalue weighted by atomic mass is 10.2. The van der Waals surface area contributed by atoms with Crippen LogP contribution in [-0.4, -0.2) is 54.2 Å². The van der Waals surface area contributed by atoms with Gasteiger partial charge in [-0.05, 0) is 24.6 Å². The minimum atomic E-state index is -0.386. The first-order chi connectivity index (χ1) is 13.3. The van der Waals surface area contributed by atoms with Crippen LogP contribution in [0.2, 0.25) is 0 Å². The molecule has 140 valence electrons. The average Bonchev–Trinajstić information content (AvgIpc) is 2.72. The second-order valence-electron chi connectivity index (χ2n) is 6.51. The Labute approximate surface area is 157 Å². The summed E-state index contributed by atoms with van der Waals surface area (Å²) in [6.45, 7) is 5.34. The van der Waals surface area contributed by atoms with E-state index in [4.69, 9.17) is 9.15 Å². The van der Waals surface area contributed by atoms with Crippen molar-refractivity contribution in [3.05, 3.63) is 59.2 Å². The maximum atomic E-state index is 11.7. The van der Waals surface area contributed by atoms with E-state index in [1.807, 2.05) is 24.3 Å². The fourth-order valence-electron chi connectivity index (χ4n) is 3.30. The van der Waals surface area contributed by atoms with Gasteiger partial charge in [-0.25, -0.2) is 14.8 Å². The number of anilines is 1. The minimum Gasteiger partial charge on any atom is -0.492 e. The van der Waals surface area contributed by atoms with E-state index < -0.39 is 0 Å². The van der Waals surface area contributed by atoms with Crippen molar-refractivity contribution in [3.8, 4) is 5.75 Å². The molecule has 0 saturated carbocycles. The van der Waals surface area contributed by atoms with Gasteiger partial charge in [0.1, 0.15) is 11.3 Å². The molecule has 3 aromatic rings. The molecule has 0 amide bonds. The number of hydrogen-bond donors (Lipinski definition) is 0. The van der Waals surface area contributed by atoms with Gasteiger partial charge >= 0.3 is 5.63 Å². The highest BCUT2D eigenvalue weighted by atomic mass is 16.5. The van der Waals surface area contributed by atoms with Crippen molar-refractivity contribution in [2.75, 3.05) is 44.2 Å². The van der Waals surface area contributed by atoms with E-state index in [1.54, 1.807) is 18.5 Å². The van der Waals surface area contributed by atoms with Crippen LogP contribution >= 0.6 is 0 Å². The van der Waals surface area contributed by atoms with Crippen LogP contribution in [0.25, 0.3) is 11.0 Å². The summed E-state index contributed by atoms with van der Waals surface area (Å²) in [5, 5.41) is 0.827. The third-order valence-electron chi connectivity index (χ3n) is 4.70. The number of hydrogen-bond acceptors (Lipinski definition) is 7. The first-order valence-corrected chi connectivity index (χ1v) is 9.19. The minimum absolute atomic E-state index is 0.386. The van der Waals surface area contributed by atoms with Crippen LogP contribution in [0.4, 0.5) is 5.95 Å². The van der Waals surface area contributed by atoms with Crippen LogP contribution < -0.4 is 15.3 Å². The molecule has 2 aromatic heterocycles. The molecule has 4 rings (SSSR count). The Morgan fingerprint density at radius 1 is 1.04 bits per heavy atom. The summed E-state index contributed by atoms with van der Waals surface area (Å²) in [6, 6.07) is 10.7. The first kappa shape index (κ1) is 17.5. The molecule has 1 saturated heterocycles. The van der Waals surface area contributed by atoms with E-state index >= 15 is 0 Å². The quantitative estimate of drug-likeness (QED) is 0.489.